The fourth-order valence-corrected chi connectivity index (χ4v) is 9.36. The van der Waals surface area contributed by atoms with Gasteiger partial charge in [0, 0.05) is 46.9 Å². The predicted octanol–water partition coefficient (Wildman–Crippen LogP) is 11.5. The molecule has 0 bridgehead atoms. The largest absolute Gasteiger partial charge is 0.506 e. The Balaban J connectivity index is 0.961. The van der Waals surface area contributed by atoms with E-state index in [1.165, 1.54) is 12.3 Å². The smallest absolute Gasteiger partial charge is 0.252 e. The number of aromatic amines is 1. The predicted molar refractivity (Wildman–Crippen MR) is 262 cm³/mol. The van der Waals surface area contributed by atoms with E-state index in [0.29, 0.717) is 35.5 Å². The van der Waals surface area contributed by atoms with Gasteiger partial charge in [-0.3, -0.25) is 19.4 Å². The van der Waals surface area contributed by atoms with Crippen LogP contribution in [0, 0.1) is 6.92 Å². The Morgan fingerprint density at radius 3 is 2.30 bits per heavy atom. The molecule has 2 amide bonds. The molecular formula is C52H65N5O6Si. The lowest BCUT2D eigenvalue weighted by molar-refractivity contribution is 0.0951. The molecule has 338 valence electrons. The quantitative estimate of drug-likeness (QED) is 0.0351. The number of pyridine rings is 2. The van der Waals surface area contributed by atoms with Gasteiger partial charge in [0.15, 0.2) is 8.32 Å². The van der Waals surface area contributed by atoms with Gasteiger partial charge in [-0.1, -0.05) is 96.0 Å². The van der Waals surface area contributed by atoms with E-state index in [4.69, 9.17) is 14.9 Å². The Morgan fingerprint density at radius 2 is 1.58 bits per heavy atom. The van der Waals surface area contributed by atoms with Crippen LogP contribution in [0.15, 0.2) is 95.9 Å². The number of fused-ring (bicyclic) bond motifs is 2. The number of benzene rings is 4. The second-order valence-electron chi connectivity index (χ2n) is 18.5. The summed E-state index contributed by atoms with van der Waals surface area (Å²) >= 11 is 0. The van der Waals surface area contributed by atoms with Crippen molar-refractivity contribution < 1.29 is 23.9 Å². The number of carbonyl (C=O) groups is 2. The molecule has 4 aromatic carbocycles. The standard InChI is InChI=1S/C52H65N5O6Si/c1-34-28-36(31-42-47(34)55-33-43(50(53)60)48(42)56-38-20-17-21-39(32-38)62-5)29-35-18-16-19-37(30-35)51(61)54-27-15-13-11-9-8-10-12-14-22-45(63-64(6,7)52(2,3)4)40-23-25-44(58)49-41(40)24-26-46(59)57-49/h16-21,23-26,28,30-33,45,58H,8-15,22,27,29H2,1-7H3,(H2,53,60)(H,54,61)(H,55,56)(H,57,59)/t45-/m0/s1. The Kier molecular flexibility index (Phi) is 15.7. The van der Waals surface area contributed by atoms with Crippen LogP contribution in [0.3, 0.4) is 0 Å². The third-order valence-corrected chi connectivity index (χ3v) is 17.1. The lowest BCUT2D eigenvalue weighted by atomic mass is 9.97. The summed E-state index contributed by atoms with van der Waals surface area (Å²) in [7, 11) is -0.501. The van der Waals surface area contributed by atoms with Gasteiger partial charge >= 0.3 is 0 Å². The molecule has 12 heteroatoms. The van der Waals surface area contributed by atoms with Gasteiger partial charge in [-0.2, -0.15) is 0 Å². The minimum atomic E-state index is -2.11. The maximum Gasteiger partial charge on any atom is 0.252 e. The Hall–Kier alpha value is -5.98. The summed E-state index contributed by atoms with van der Waals surface area (Å²) in [4.78, 5) is 45.2. The van der Waals surface area contributed by atoms with Crippen molar-refractivity contribution >= 4 is 53.3 Å². The second kappa shape index (κ2) is 21.1. The van der Waals surface area contributed by atoms with E-state index in [2.05, 4.69) is 60.5 Å². The van der Waals surface area contributed by atoms with E-state index in [-0.39, 0.29) is 33.9 Å². The summed E-state index contributed by atoms with van der Waals surface area (Å²) in [5.74, 6) is 0.0880. The van der Waals surface area contributed by atoms with Crippen LogP contribution in [0.25, 0.3) is 21.8 Å². The average Bonchev–Trinajstić information content (AvgIpc) is 3.25. The number of aromatic hydroxyl groups is 1. The highest BCUT2D eigenvalue weighted by Gasteiger charge is 2.39. The number of nitrogens with zero attached hydrogens (tertiary/aromatic N) is 1. The van der Waals surface area contributed by atoms with Crippen LogP contribution in [0.4, 0.5) is 11.4 Å². The van der Waals surface area contributed by atoms with Crippen molar-refractivity contribution in [1.82, 2.24) is 15.3 Å². The minimum absolute atomic E-state index is 0.0445. The van der Waals surface area contributed by atoms with Gasteiger partial charge in [0.05, 0.1) is 35.5 Å². The molecule has 0 aliphatic carbocycles. The van der Waals surface area contributed by atoms with Gasteiger partial charge in [0.25, 0.3) is 11.8 Å². The van der Waals surface area contributed by atoms with Gasteiger partial charge in [0.2, 0.25) is 5.56 Å². The summed E-state index contributed by atoms with van der Waals surface area (Å²) in [5, 5.41) is 18.7. The lowest BCUT2D eigenvalue weighted by Gasteiger charge is -2.39. The zero-order valence-corrected chi connectivity index (χ0v) is 39.5. The summed E-state index contributed by atoms with van der Waals surface area (Å²) in [6.07, 6.45) is 11.6. The number of rotatable bonds is 21. The van der Waals surface area contributed by atoms with Crippen molar-refractivity contribution in [3.63, 3.8) is 0 Å². The number of aryl methyl sites for hydroxylation is 1. The number of aromatic nitrogens is 2. The number of primary amides is 1. The third kappa shape index (κ3) is 12.0. The van der Waals surface area contributed by atoms with Crippen molar-refractivity contribution in [2.45, 2.75) is 116 Å². The molecular weight excluding hydrogens is 819 g/mol. The van der Waals surface area contributed by atoms with E-state index in [1.54, 1.807) is 19.2 Å². The average molecular weight is 884 g/mol. The number of unbranched alkanes of at least 4 members (excludes halogenated alkanes) is 7. The van der Waals surface area contributed by atoms with Gasteiger partial charge in [-0.25, -0.2) is 0 Å². The number of ether oxygens (including phenoxy) is 1. The molecule has 0 radical (unpaired) electrons. The molecule has 6 N–H and O–H groups in total. The molecule has 0 spiro atoms. The summed E-state index contributed by atoms with van der Waals surface area (Å²) in [6.45, 7) is 13.9. The molecule has 1 atom stereocenters. The Morgan fingerprint density at radius 1 is 0.859 bits per heavy atom. The summed E-state index contributed by atoms with van der Waals surface area (Å²) in [6, 6.07) is 26.3. The van der Waals surface area contributed by atoms with E-state index in [0.717, 1.165) is 102 Å². The second-order valence-corrected chi connectivity index (χ2v) is 23.2. The zero-order valence-electron chi connectivity index (χ0n) is 38.5. The fraction of sp³-hybridized carbons (Fsp3) is 0.385. The molecule has 11 nitrogen and oxygen atoms in total. The van der Waals surface area contributed by atoms with Crippen molar-refractivity contribution in [3.8, 4) is 11.5 Å². The van der Waals surface area contributed by atoms with Gasteiger partial charge in [0.1, 0.15) is 11.5 Å². The van der Waals surface area contributed by atoms with Crippen molar-refractivity contribution in [3.05, 3.63) is 135 Å². The summed E-state index contributed by atoms with van der Waals surface area (Å²) < 4.78 is 12.4. The van der Waals surface area contributed by atoms with Crippen molar-refractivity contribution in [1.29, 1.82) is 0 Å². The highest BCUT2D eigenvalue weighted by Crippen LogP contribution is 2.43. The van der Waals surface area contributed by atoms with Crippen LogP contribution in [-0.2, 0) is 10.8 Å². The highest BCUT2D eigenvalue weighted by atomic mass is 28.4. The molecule has 0 saturated heterocycles. The number of nitrogens with one attached hydrogen (secondary N) is 3. The number of phenols is 1. The van der Waals surface area contributed by atoms with Crippen LogP contribution in [0.5, 0.6) is 11.5 Å². The number of methoxy groups -OCH3 is 1. The molecule has 2 aromatic heterocycles. The molecule has 0 aliphatic rings. The number of amides is 2. The van der Waals surface area contributed by atoms with Crippen LogP contribution >= 0.6 is 0 Å². The topological polar surface area (TPSA) is 169 Å². The molecule has 0 unspecified atom stereocenters. The van der Waals surface area contributed by atoms with E-state index in [1.807, 2.05) is 67.6 Å². The first kappa shape index (κ1) is 47.5. The molecule has 6 rings (SSSR count). The Labute approximate surface area is 378 Å². The van der Waals surface area contributed by atoms with Crippen LogP contribution in [-0.4, -0.2) is 48.9 Å². The molecule has 0 fully saturated rings. The minimum Gasteiger partial charge on any atom is -0.506 e. The number of hydrogen-bond donors (Lipinski definition) is 5. The normalized spacial score (nSPS) is 12.4. The van der Waals surface area contributed by atoms with Crippen LogP contribution in [0.2, 0.25) is 18.1 Å². The first-order chi connectivity index (χ1) is 30.5. The summed E-state index contributed by atoms with van der Waals surface area (Å²) in [5.41, 5.74) is 13.0. The SMILES string of the molecule is COc1cccc(Nc2c(C(N)=O)cnc3c(C)cc(Cc4cccc(C(=O)NCCCCCCCCCC[C@H](O[Si](C)(C)C(C)(C)C)c5ccc(O)c6[nH]c(=O)ccc56)c4)cc23)c1. The van der Waals surface area contributed by atoms with Gasteiger partial charge < -0.3 is 35.6 Å². The van der Waals surface area contributed by atoms with E-state index >= 15 is 0 Å². The van der Waals surface area contributed by atoms with Crippen LogP contribution in [0.1, 0.15) is 128 Å². The molecule has 0 saturated carbocycles. The third-order valence-electron chi connectivity index (χ3n) is 12.6. The molecule has 0 aliphatic heterocycles. The lowest BCUT2D eigenvalue weighted by Crippen LogP contribution is -2.41. The number of anilines is 2. The first-order valence-electron chi connectivity index (χ1n) is 22.6. The number of carbonyl (C=O) groups excluding carboxylic acids is 2. The Bertz CT molecular complexity index is 2650. The maximum atomic E-state index is 13.2. The first-order valence-corrected chi connectivity index (χ1v) is 25.5. The monoisotopic (exact) mass is 883 g/mol. The molecule has 64 heavy (non-hydrogen) atoms. The maximum absolute atomic E-state index is 13.2. The van der Waals surface area contributed by atoms with Gasteiger partial charge in [-0.15, -0.1) is 0 Å². The number of nitrogens with two attached hydrogens (primary N) is 1. The number of hydrogen-bond acceptors (Lipinski definition) is 8. The fourth-order valence-electron chi connectivity index (χ4n) is 8.05. The van der Waals surface area contributed by atoms with Crippen molar-refractivity contribution in [2.24, 2.45) is 5.73 Å². The number of H-pyrrole nitrogens is 1. The van der Waals surface area contributed by atoms with Crippen LogP contribution < -0.4 is 26.7 Å². The molecule has 2 heterocycles. The zero-order chi connectivity index (χ0) is 46.0. The van der Waals surface area contributed by atoms with Crippen molar-refractivity contribution in [2.75, 3.05) is 19.0 Å². The van der Waals surface area contributed by atoms with E-state index in [9.17, 15) is 19.5 Å². The van der Waals surface area contributed by atoms with E-state index < -0.39 is 14.2 Å². The number of phenolic OH excluding ortho intramolecular Hbond substituents is 1. The highest BCUT2D eigenvalue weighted by molar-refractivity contribution is 6.74. The molecule has 6 aromatic rings. The van der Waals surface area contributed by atoms with Gasteiger partial charge in [-0.05, 0) is 109 Å².